The van der Waals surface area contributed by atoms with Crippen LogP contribution >= 0.6 is 0 Å². The van der Waals surface area contributed by atoms with E-state index in [-0.39, 0.29) is 5.88 Å². The van der Waals surface area contributed by atoms with Gasteiger partial charge in [0.1, 0.15) is 16.4 Å². The van der Waals surface area contributed by atoms with Crippen LogP contribution in [0.1, 0.15) is 11.5 Å². The van der Waals surface area contributed by atoms with Gasteiger partial charge in [0.2, 0.25) is 0 Å². The first-order chi connectivity index (χ1) is 7.75. The number of nitrogens with one attached hydrogen (secondary N) is 1. The molecule has 2 aromatic rings. The minimum Gasteiger partial charge on any atom is -0.468 e. The molecular weight excluding hydrogens is 212 g/mol. The molecule has 0 fully saturated rings. The third kappa shape index (κ3) is 2.48. The molecule has 0 radical (unpaired) electrons. The Kier molecular flexibility index (Phi) is 3.02. The zero-order chi connectivity index (χ0) is 11.4. The van der Waals surface area contributed by atoms with Crippen molar-refractivity contribution in [3.05, 3.63) is 52.2 Å². The van der Waals surface area contributed by atoms with Crippen molar-refractivity contribution in [2.24, 2.45) is 0 Å². The van der Waals surface area contributed by atoms with Crippen LogP contribution in [0.15, 0.2) is 39.4 Å². The average Bonchev–Trinajstić information content (AvgIpc) is 2.87. The number of nitro groups is 1. The summed E-state index contributed by atoms with van der Waals surface area (Å²) in [5.74, 6) is 1.09. The molecule has 0 spiro atoms. The smallest absolute Gasteiger partial charge is 0.433 e. The lowest BCUT2D eigenvalue weighted by Crippen LogP contribution is -2.11. The maximum absolute atomic E-state index is 10.4. The fourth-order valence-electron chi connectivity index (χ4n) is 1.28. The first kappa shape index (κ1) is 10.4. The molecule has 0 aliphatic carbocycles. The zero-order valence-corrected chi connectivity index (χ0v) is 8.38. The van der Waals surface area contributed by atoms with Crippen molar-refractivity contribution < 1.29 is 13.8 Å². The Morgan fingerprint density at radius 1 is 1.25 bits per heavy atom. The molecule has 0 atom stereocenters. The molecular formula is C10H10N2O4. The van der Waals surface area contributed by atoms with Crippen molar-refractivity contribution in [3.63, 3.8) is 0 Å². The predicted molar refractivity (Wildman–Crippen MR) is 54.6 cm³/mol. The Bertz CT molecular complexity index is 461. The predicted octanol–water partition coefficient (Wildman–Crippen LogP) is 2.07. The van der Waals surface area contributed by atoms with Crippen molar-refractivity contribution in [2.75, 3.05) is 0 Å². The highest BCUT2D eigenvalue weighted by atomic mass is 16.6. The van der Waals surface area contributed by atoms with E-state index in [1.54, 1.807) is 18.4 Å². The molecule has 0 saturated carbocycles. The molecule has 6 heteroatoms. The summed E-state index contributed by atoms with van der Waals surface area (Å²) in [4.78, 5) is 9.79. The second kappa shape index (κ2) is 4.63. The van der Waals surface area contributed by atoms with Crippen LogP contribution in [0.5, 0.6) is 0 Å². The molecule has 0 unspecified atom stereocenters. The summed E-state index contributed by atoms with van der Waals surface area (Å²) in [6, 6.07) is 6.56. The summed E-state index contributed by atoms with van der Waals surface area (Å²) < 4.78 is 10.1. The van der Waals surface area contributed by atoms with Gasteiger partial charge in [-0.05, 0) is 18.2 Å². The van der Waals surface area contributed by atoms with Gasteiger partial charge in [-0.3, -0.25) is 10.1 Å². The molecule has 0 amide bonds. The van der Waals surface area contributed by atoms with Crippen molar-refractivity contribution in [3.8, 4) is 0 Å². The van der Waals surface area contributed by atoms with E-state index < -0.39 is 4.92 Å². The van der Waals surface area contributed by atoms with E-state index in [0.29, 0.717) is 18.8 Å². The van der Waals surface area contributed by atoms with Crippen molar-refractivity contribution in [1.29, 1.82) is 0 Å². The van der Waals surface area contributed by atoms with E-state index >= 15 is 0 Å². The largest absolute Gasteiger partial charge is 0.468 e. The fourth-order valence-corrected chi connectivity index (χ4v) is 1.28. The van der Waals surface area contributed by atoms with Crippen LogP contribution in [0.3, 0.4) is 0 Å². The maximum Gasteiger partial charge on any atom is 0.433 e. The number of rotatable bonds is 5. The molecule has 84 valence electrons. The van der Waals surface area contributed by atoms with Crippen LogP contribution in [0.25, 0.3) is 0 Å². The van der Waals surface area contributed by atoms with Gasteiger partial charge in [0.25, 0.3) is 0 Å². The molecule has 2 aromatic heterocycles. The van der Waals surface area contributed by atoms with Crippen LogP contribution in [0.2, 0.25) is 0 Å². The molecule has 6 nitrogen and oxygen atoms in total. The van der Waals surface area contributed by atoms with E-state index in [4.69, 9.17) is 8.83 Å². The zero-order valence-electron chi connectivity index (χ0n) is 8.38. The Labute approximate surface area is 91.0 Å². The number of nitrogens with zero attached hydrogens (tertiary/aromatic N) is 1. The van der Waals surface area contributed by atoms with Crippen LogP contribution in [0.4, 0.5) is 5.88 Å². The van der Waals surface area contributed by atoms with E-state index in [1.807, 2.05) is 6.07 Å². The molecule has 0 aliphatic heterocycles. The van der Waals surface area contributed by atoms with E-state index in [2.05, 4.69) is 5.32 Å². The Morgan fingerprint density at radius 3 is 2.69 bits per heavy atom. The van der Waals surface area contributed by atoms with Gasteiger partial charge in [0.15, 0.2) is 0 Å². The second-order valence-corrected chi connectivity index (χ2v) is 3.18. The lowest BCUT2D eigenvalue weighted by molar-refractivity contribution is -0.402. The molecule has 0 bridgehead atoms. The second-order valence-electron chi connectivity index (χ2n) is 3.18. The summed E-state index contributed by atoms with van der Waals surface area (Å²) >= 11 is 0. The van der Waals surface area contributed by atoms with Crippen LogP contribution < -0.4 is 5.32 Å². The molecule has 2 rings (SSSR count). The highest BCUT2D eigenvalue weighted by Crippen LogP contribution is 2.15. The quantitative estimate of drug-likeness (QED) is 0.618. The third-order valence-electron chi connectivity index (χ3n) is 2.01. The van der Waals surface area contributed by atoms with Crippen LogP contribution in [-0.2, 0) is 13.1 Å². The van der Waals surface area contributed by atoms with Gasteiger partial charge in [0.05, 0.1) is 25.4 Å². The van der Waals surface area contributed by atoms with E-state index in [0.717, 1.165) is 5.76 Å². The van der Waals surface area contributed by atoms with Crippen LogP contribution in [0, 0.1) is 10.1 Å². The highest BCUT2D eigenvalue weighted by molar-refractivity contribution is 5.17. The first-order valence-electron chi connectivity index (χ1n) is 4.72. The van der Waals surface area contributed by atoms with Crippen molar-refractivity contribution in [2.45, 2.75) is 13.1 Å². The van der Waals surface area contributed by atoms with Gasteiger partial charge < -0.3 is 14.2 Å². The van der Waals surface area contributed by atoms with Crippen molar-refractivity contribution >= 4 is 5.88 Å². The highest BCUT2D eigenvalue weighted by Gasteiger charge is 2.11. The number of hydrogen-bond donors (Lipinski definition) is 1. The fraction of sp³-hybridized carbons (Fsp3) is 0.200. The minimum absolute atomic E-state index is 0.241. The molecule has 1 N–H and O–H groups in total. The minimum atomic E-state index is -0.559. The molecule has 0 saturated heterocycles. The SMILES string of the molecule is O=[N+]([O-])c1ccc(CNCc2ccco2)o1. The van der Waals surface area contributed by atoms with Crippen LogP contribution in [-0.4, -0.2) is 4.92 Å². The molecule has 2 heterocycles. The Morgan fingerprint density at radius 2 is 2.06 bits per heavy atom. The summed E-state index contributed by atoms with van der Waals surface area (Å²) in [7, 11) is 0. The summed E-state index contributed by atoms with van der Waals surface area (Å²) in [5.41, 5.74) is 0. The standard InChI is InChI=1S/C10H10N2O4/c13-12(14)10-4-3-9(16-10)7-11-6-8-2-1-5-15-8/h1-5,11H,6-7H2. The molecule has 0 aliphatic rings. The normalized spacial score (nSPS) is 10.5. The first-order valence-corrected chi connectivity index (χ1v) is 4.72. The van der Waals surface area contributed by atoms with E-state index in [1.165, 1.54) is 6.07 Å². The third-order valence-corrected chi connectivity index (χ3v) is 2.01. The maximum atomic E-state index is 10.4. The van der Waals surface area contributed by atoms with Gasteiger partial charge in [-0.15, -0.1) is 0 Å². The topological polar surface area (TPSA) is 81.5 Å². The van der Waals surface area contributed by atoms with Gasteiger partial charge in [-0.25, -0.2) is 0 Å². The Hall–Kier alpha value is -2.08. The monoisotopic (exact) mass is 222 g/mol. The number of hydrogen-bond acceptors (Lipinski definition) is 5. The summed E-state index contributed by atoms with van der Waals surface area (Å²) in [6.07, 6.45) is 1.59. The lowest BCUT2D eigenvalue weighted by atomic mass is 10.4. The summed E-state index contributed by atoms with van der Waals surface area (Å²) in [5, 5.41) is 13.4. The molecule has 0 aromatic carbocycles. The van der Waals surface area contributed by atoms with Gasteiger partial charge >= 0.3 is 5.88 Å². The van der Waals surface area contributed by atoms with Crippen molar-refractivity contribution in [1.82, 2.24) is 5.32 Å². The number of furan rings is 2. The molecule has 16 heavy (non-hydrogen) atoms. The average molecular weight is 222 g/mol. The van der Waals surface area contributed by atoms with Gasteiger partial charge in [0, 0.05) is 0 Å². The van der Waals surface area contributed by atoms with E-state index in [9.17, 15) is 10.1 Å². The summed E-state index contributed by atoms with van der Waals surface area (Å²) in [6.45, 7) is 0.982. The van der Waals surface area contributed by atoms with Gasteiger partial charge in [-0.1, -0.05) is 0 Å². The Balaban J connectivity index is 1.83. The lowest BCUT2D eigenvalue weighted by Gasteiger charge is -1.98. The van der Waals surface area contributed by atoms with Gasteiger partial charge in [-0.2, -0.15) is 0 Å².